The lowest BCUT2D eigenvalue weighted by atomic mass is 9.95. The lowest BCUT2D eigenvalue weighted by Gasteiger charge is -2.28. The molecule has 1 saturated heterocycles. The van der Waals surface area contributed by atoms with Gasteiger partial charge in [0.1, 0.15) is 0 Å². The molecule has 1 aromatic heterocycles. The van der Waals surface area contributed by atoms with Crippen LogP contribution in [0.3, 0.4) is 0 Å². The molecular formula is C21H31FIN3O2Si. The van der Waals surface area contributed by atoms with Gasteiger partial charge in [0.05, 0.1) is 17.9 Å². The van der Waals surface area contributed by atoms with Crippen molar-refractivity contribution in [3.8, 4) is 0 Å². The summed E-state index contributed by atoms with van der Waals surface area (Å²) in [6.45, 7) is 6.49. The number of hydrogen-bond acceptors (Lipinski definition) is 4. The van der Waals surface area contributed by atoms with Crippen molar-refractivity contribution in [1.82, 2.24) is 15.0 Å². The van der Waals surface area contributed by atoms with Gasteiger partial charge >= 0.3 is 0 Å². The van der Waals surface area contributed by atoms with Gasteiger partial charge in [-0.05, 0) is 78.6 Å². The Bertz CT molecular complexity index is 781. The van der Waals surface area contributed by atoms with Crippen molar-refractivity contribution in [2.24, 2.45) is 5.92 Å². The first kappa shape index (κ1) is 22.8. The van der Waals surface area contributed by atoms with Crippen molar-refractivity contribution in [2.45, 2.75) is 70.0 Å². The topological polar surface area (TPSA) is 60.2 Å². The molecule has 5 nitrogen and oxygen atoms in total. The molecule has 2 aromatic rings. The third-order valence-corrected chi connectivity index (χ3v) is 9.13. The highest BCUT2D eigenvalue weighted by atomic mass is 127. The van der Waals surface area contributed by atoms with Gasteiger partial charge in [-0.1, -0.05) is 24.3 Å². The normalized spacial score (nSPS) is 24.9. The van der Waals surface area contributed by atoms with Gasteiger partial charge in [-0.15, -0.1) is 5.10 Å². The van der Waals surface area contributed by atoms with Crippen LogP contribution in [0.4, 0.5) is 4.11 Å². The van der Waals surface area contributed by atoms with Gasteiger partial charge in [0, 0.05) is 34.9 Å². The van der Waals surface area contributed by atoms with E-state index in [1.54, 1.807) is 17.8 Å². The first-order valence-corrected chi connectivity index (χ1v) is 14.4. The fraction of sp³-hybridized carbons (Fsp3) is 0.619. The average Bonchev–Trinajstić information content (AvgIpc) is 3.23. The first-order chi connectivity index (χ1) is 13.8. The molecule has 1 aliphatic heterocycles. The Labute approximate surface area is 187 Å². The monoisotopic (exact) mass is 531 g/mol. The van der Waals surface area contributed by atoms with Crippen molar-refractivity contribution in [3.63, 3.8) is 0 Å². The second kappa shape index (κ2) is 9.98. The third kappa shape index (κ3) is 6.08. The number of aliphatic hydroxyl groups is 1. The van der Waals surface area contributed by atoms with Crippen molar-refractivity contribution in [1.29, 1.82) is 0 Å². The second-order valence-electron chi connectivity index (χ2n) is 8.56. The summed E-state index contributed by atoms with van der Waals surface area (Å²) in [5.74, 6) is 0.219. The maximum absolute atomic E-state index is 15.2. The SMILES string of the molecule is C[C@H]1[C@H]([Si](C)(C)F)[C@@H](CCn2cc(CCO)nn2)O[C@H]1CCc1ccc(I)cc1. The molecule has 0 unspecified atom stereocenters. The molecule has 2 heterocycles. The summed E-state index contributed by atoms with van der Waals surface area (Å²) < 4.78 is 24.6. The number of aromatic nitrogens is 3. The van der Waals surface area contributed by atoms with E-state index in [4.69, 9.17) is 9.84 Å². The van der Waals surface area contributed by atoms with E-state index >= 15 is 4.11 Å². The van der Waals surface area contributed by atoms with Crippen LogP contribution in [-0.4, -0.2) is 47.3 Å². The predicted molar refractivity (Wildman–Crippen MR) is 123 cm³/mol. The highest BCUT2D eigenvalue weighted by Gasteiger charge is 2.50. The highest BCUT2D eigenvalue weighted by molar-refractivity contribution is 14.1. The first-order valence-electron chi connectivity index (χ1n) is 10.4. The summed E-state index contributed by atoms with van der Waals surface area (Å²) in [6, 6.07) is 8.58. The maximum atomic E-state index is 15.2. The number of rotatable bonds is 9. The largest absolute Gasteiger partial charge is 0.396 e. The predicted octanol–water partition coefficient (Wildman–Crippen LogP) is 4.39. The van der Waals surface area contributed by atoms with Crippen molar-refractivity contribution in [3.05, 3.63) is 45.3 Å². The Balaban J connectivity index is 1.62. The lowest BCUT2D eigenvalue weighted by Crippen LogP contribution is -2.36. The Morgan fingerprint density at radius 3 is 2.55 bits per heavy atom. The summed E-state index contributed by atoms with van der Waals surface area (Å²) in [5.41, 5.74) is 2.07. The van der Waals surface area contributed by atoms with Gasteiger partial charge in [0.15, 0.2) is 0 Å². The molecule has 29 heavy (non-hydrogen) atoms. The smallest absolute Gasteiger partial charge is 0.246 e. The van der Waals surface area contributed by atoms with Crippen molar-refractivity contribution < 1.29 is 14.0 Å². The molecule has 1 aromatic carbocycles. The Hall–Kier alpha value is -0.843. The molecule has 0 aliphatic carbocycles. The van der Waals surface area contributed by atoms with Crippen LogP contribution in [0.5, 0.6) is 0 Å². The quantitative estimate of drug-likeness (QED) is 0.296. The van der Waals surface area contributed by atoms with Gasteiger partial charge in [0.25, 0.3) is 0 Å². The maximum Gasteiger partial charge on any atom is 0.246 e. The van der Waals surface area contributed by atoms with Crippen LogP contribution in [0.25, 0.3) is 0 Å². The summed E-state index contributed by atoms with van der Waals surface area (Å²) in [7, 11) is -2.86. The molecule has 0 amide bonds. The standard InChI is InChI=1S/C21H31FIN3O2Si/c1-15-19(9-6-16-4-7-17(23)8-5-16)28-20(21(15)29(2,3)22)10-12-26-14-18(11-13-27)24-25-26/h4-5,7-8,14-15,19-21,27H,6,9-13H2,1-3H3/t15-,19+,20-,21+/m1/s1. The molecule has 0 radical (unpaired) electrons. The molecule has 1 fully saturated rings. The van der Waals surface area contributed by atoms with E-state index in [1.165, 1.54) is 9.13 Å². The van der Waals surface area contributed by atoms with Crippen LogP contribution in [0.2, 0.25) is 18.6 Å². The van der Waals surface area contributed by atoms with E-state index in [0.29, 0.717) is 13.0 Å². The number of aryl methyl sites for hydroxylation is 2. The number of nitrogens with zero attached hydrogens (tertiary/aromatic N) is 3. The minimum Gasteiger partial charge on any atom is -0.396 e. The molecule has 0 saturated carbocycles. The van der Waals surface area contributed by atoms with Crippen LogP contribution in [0, 0.1) is 9.49 Å². The molecule has 160 valence electrons. The molecule has 0 spiro atoms. The minimum absolute atomic E-state index is 0.00958. The Morgan fingerprint density at radius 1 is 1.17 bits per heavy atom. The van der Waals surface area contributed by atoms with Gasteiger partial charge < -0.3 is 14.0 Å². The zero-order chi connectivity index (χ0) is 21.0. The van der Waals surface area contributed by atoms with Crippen LogP contribution in [-0.2, 0) is 24.1 Å². The molecule has 3 rings (SSSR count). The van der Waals surface area contributed by atoms with Gasteiger partial charge in [-0.2, -0.15) is 0 Å². The van der Waals surface area contributed by atoms with E-state index in [9.17, 15) is 0 Å². The fourth-order valence-corrected chi connectivity index (χ4v) is 7.50. The van der Waals surface area contributed by atoms with Crippen LogP contribution in [0.15, 0.2) is 30.5 Å². The molecule has 4 atom stereocenters. The van der Waals surface area contributed by atoms with Crippen LogP contribution >= 0.6 is 22.6 Å². The fourth-order valence-electron chi connectivity index (χ4n) is 4.55. The van der Waals surface area contributed by atoms with Crippen LogP contribution in [0.1, 0.15) is 31.0 Å². The molecule has 8 heteroatoms. The Kier molecular flexibility index (Phi) is 7.85. The summed E-state index contributed by atoms with van der Waals surface area (Å²) in [4.78, 5) is 0. The van der Waals surface area contributed by atoms with Crippen molar-refractivity contribution >= 4 is 31.0 Å². The number of halogens is 2. The number of benzene rings is 1. The molecule has 1 N–H and O–H groups in total. The van der Waals surface area contributed by atoms with E-state index in [0.717, 1.165) is 25.0 Å². The third-order valence-electron chi connectivity index (χ3n) is 5.92. The molecule has 0 bridgehead atoms. The van der Waals surface area contributed by atoms with Gasteiger partial charge in [0.2, 0.25) is 8.41 Å². The van der Waals surface area contributed by atoms with Crippen LogP contribution < -0.4 is 0 Å². The number of hydrogen-bond donors (Lipinski definition) is 1. The lowest BCUT2D eigenvalue weighted by molar-refractivity contribution is 0.0247. The van der Waals surface area contributed by atoms with Gasteiger partial charge in [-0.3, -0.25) is 4.68 Å². The minimum atomic E-state index is -2.86. The summed E-state index contributed by atoms with van der Waals surface area (Å²) >= 11 is 2.31. The Morgan fingerprint density at radius 2 is 1.90 bits per heavy atom. The summed E-state index contributed by atoms with van der Waals surface area (Å²) in [5, 5.41) is 17.2. The highest BCUT2D eigenvalue weighted by Crippen LogP contribution is 2.46. The average molecular weight is 531 g/mol. The zero-order valence-electron chi connectivity index (χ0n) is 17.4. The van der Waals surface area contributed by atoms with Gasteiger partial charge in [-0.25, -0.2) is 0 Å². The van der Waals surface area contributed by atoms with E-state index in [2.05, 4.69) is 64.1 Å². The number of aliphatic hydroxyl groups excluding tert-OH is 1. The summed E-state index contributed by atoms with van der Waals surface area (Å²) in [6.07, 6.45) is 4.98. The van der Waals surface area contributed by atoms with Crippen molar-refractivity contribution in [2.75, 3.05) is 6.61 Å². The zero-order valence-corrected chi connectivity index (χ0v) is 20.5. The molecular weight excluding hydrogens is 500 g/mol. The second-order valence-corrected chi connectivity index (χ2v) is 13.6. The van der Waals surface area contributed by atoms with E-state index in [1.807, 2.05) is 6.20 Å². The molecule has 1 aliphatic rings. The number of ether oxygens (including phenoxy) is 1. The van der Waals surface area contributed by atoms with E-state index < -0.39 is 8.41 Å². The van der Waals surface area contributed by atoms with E-state index in [-0.39, 0.29) is 30.3 Å².